The van der Waals surface area contributed by atoms with Gasteiger partial charge in [0.2, 0.25) is 0 Å². The summed E-state index contributed by atoms with van der Waals surface area (Å²) in [5.41, 5.74) is 8.40. The minimum atomic E-state index is 0. The Bertz CT molecular complexity index is 554. The van der Waals surface area contributed by atoms with Crippen LogP contribution in [0.4, 0.5) is 0 Å². The van der Waals surface area contributed by atoms with Crippen LogP contribution in [0.3, 0.4) is 0 Å². The maximum Gasteiger partial charge on any atom is 0.134 e. The molecule has 2 N–H and O–H groups in total. The van der Waals surface area contributed by atoms with Crippen molar-refractivity contribution in [2.45, 2.75) is 19.9 Å². The summed E-state index contributed by atoms with van der Waals surface area (Å²) in [4.78, 5) is 2.48. The Morgan fingerprint density at radius 1 is 1.37 bits per heavy atom. The Labute approximate surface area is 120 Å². The molecule has 1 aromatic carbocycles. The Kier molecular flexibility index (Phi) is 4.19. The second kappa shape index (κ2) is 5.53. The summed E-state index contributed by atoms with van der Waals surface area (Å²) in [6, 6.07) is 8.23. The number of hydrogen-bond acceptors (Lipinski definition) is 3. The van der Waals surface area contributed by atoms with Crippen LogP contribution in [-0.2, 0) is 6.54 Å². The quantitative estimate of drug-likeness (QED) is 0.940. The molecule has 3 rings (SSSR count). The Morgan fingerprint density at radius 2 is 2.16 bits per heavy atom. The van der Waals surface area contributed by atoms with E-state index < -0.39 is 0 Å². The van der Waals surface area contributed by atoms with Gasteiger partial charge < -0.3 is 10.2 Å². The van der Waals surface area contributed by atoms with Crippen LogP contribution in [0.5, 0.6) is 0 Å². The van der Waals surface area contributed by atoms with Gasteiger partial charge in [-0.25, -0.2) is 0 Å². The van der Waals surface area contributed by atoms with Gasteiger partial charge in [0.15, 0.2) is 0 Å². The van der Waals surface area contributed by atoms with Gasteiger partial charge in [0.25, 0.3) is 0 Å². The van der Waals surface area contributed by atoms with E-state index in [1.165, 1.54) is 17.4 Å². The van der Waals surface area contributed by atoms with E-state index in [1.807, 2.05) is 18.4 Å². The highest BCUT2D eigenvalue weighted by Crippen LogP contribution is 2.31. The monoisotopic (exact) mass is 280 g/mol. The minimum absolute atomic E-state index is 0. The first-order valence-electron chi connectivity index (χ1n) is 6.58. The van der Waals surface area contributed by atoms with Crippen molar-refractivity contribution in [3.05, 3.63) is 36.1 Å². The predicted molar refractivity (Wildman–Crippen MR) is 80.5 cm³/mol. The van der Waals surface area contributed by atoms with Crippen molar-refractivity contribution in [2.24, 2.45) is 11.1 Å². The topological polar surface area (TPSA) is 42.4 Å². The van der Waals surface area contributed by atoms with Crippen LogP contribution < -0.4 is 5.73 Å². The van der Waals surface area contributed by atoms with Gasteiger partial charge >= 0.3 is 0 Å². The molecule has 1 aliphatic heterocycles. The number of rotatable bonds is 3. The number of fused-ring (bicyclic) bond motifs is 1. The van der Waals surface area contributed by atoms with Crippen molar-refractivity contribution in [1.29, 1.82) is 0 Å². The summed E-state index contributed by atoms with van der Waals surface area (Å²) in [5, 5.41) is 1.24. The number of nitrogens with two attached hydrogens (primary N) is 1. The third-order valence-corrected chi connectivity index (χ3v) is 4.08. The lowest BCUT2D eigenvalue weighted by atomic mass is 9.90. The zero-order valence-electron chi connectivity index (χ0n) is 11.3. The molecule has 1 unspecified atom stereocenters. The van der Waals surface area contributed by atoms with Gasteiger partial charge in [-0.05, 0) is 31.0 Å². The van der Waals surface area contributed by atoms with Gasteiger partial charge in [-0.15, -0.1) is 12.4 Å². The molecule has 19 heavy (non-hydrogen) atoms. The molecule has 1 atom stereocenters. The van der Waals surface area contributed by atoms with Crippen LogP contribution >= 0.6 is 12.4 Å². The van der Waals surface area contributed by atoms with Crippen molar-refractivity contribution in [2.75, 3.05) is 19.6 Å². The predicted octanol–water partition coefficient (Wildman–Crippen LogP) is 3.03. The average Bonchev–Trinajstić information content (AvgIpc) is 2.96. The smallest absolute Gasteiger partial charge is 0.134 e. The molecule has 0 aliphatic carbocycles. The van der Waals surface area contributed by atoms with Crippen LogP contribution in [0.2, 0.25) is 0 Å². The van der Waals surface area contributed by atoms with Crippen molar-refractivity contribution in [3.8, 4) is 0 Å². The molecule has 2 heterocycles. The SMILES string of the molecule is CC1(CN)CCN(Cc2coc3ccccc23)C1.Cl. The van der Waals surface area contributed by atoms with Gasteiger partial charge in [0.1, 0.15) is 5.58 Å². The summed E-state index contributed by atoms with van der Waals surface area (Å²) in [5.74, 6) is 0. The van der Waals surface area contributed by atoms with Crippen LogP contribution in [0.15, 0.2) is 34.9 Å². The summed E-state index contributed by atoms with van der Waals surface area (Å²) in [7, 11) is 0. The molecule has 0 radical (unpaired) electrons. The molecule has 0 saturated carbocycles. The second-order valence-electron chi connectivity index (χ2n) is 5.73. The van der Waals surface area contributed by atoms with Crippen molar-refractivity contribution >= 4 is 23.4 Å². The normalized spacial score (nSPS) is 23.7. The molecule has 1 fully saturated rings. The number of benzene rings is 1. The lowest BCUT2D eigenvalue weighted by molar-refractivity contribution is 0.274. The zero-order chi connectivity index (χ0) is 12.6. The van der Waals surface area contributed by atoms with E-state index in [-0.39, 0.29) is 12.4 Å². The highest BCUT2D eigenvalue weighted by Gasteiger charge is 2.32. The van der Waals surface area contributed by atoms with E-state index >= 15 is 0 Å². The molecule has 0 bridgehead atoms. The molecular formula is C15H21ClN2O. The third kappa shape index (κ3) is 2.78. The largest absolute Gasteiger partial charge is 0.464 e. The number of likely N-dealkylation sites (tertiary alicyclic amines) is 1. The molecular weight excluding hydrogens is 260 g/mol. The number of halogens is 1. The maximum absolute atomic E-state index is 5.85. The van der Waals surface area contributed by atoms with Crippen LogP contribution in [0, 0.1) is 5.41 Å². The highest BCUT2D eigenvalue weighted by atomic mass is 35.5. The lowest BCUT2D eigenvalue weighted by Crippen LogP contribution is -2.31. The fraction of sp³-hybridized carbons (Fsp3) is 0.467. The summed E-state index contributed by atoms with van der Waals surface area (Å²) >= 11 is 0. The van der Waals surface area contributed by atoms with E-state index in [0.29, 0.717) is 5.41 Å². The number of para-hydroxylation sites is 1. The van der Waals surface area contributed by atoms with Gasteiger partial charge in [0.05, 0.1) is 6.26 Å². The standard InChI is InChI=1S/C15H20N2O.ClH/c1-15(10-16)6-7-17(11-15)8-12-9-18-14-5-3-2-4-13(12)14;/h2-5,9H,6-8,10-11,16H2,1H3;1H. The second-order valence-corrected chi connectivity index (χ2v) is 5.73. The Hall–Kier alpha value is -1.03. The summed E-state index contributed by atoms with van der Waals surface area (Å²) in [6.07, 6.45) is 3.09. The molecule has 0 amide bonds. The zero-order valence-corrected chi connectivity index (χ0v) is 12.1. The number of furan rings is 1. The molecule has 2 aromatic rings. The van der Waals surface area contributed by atoms with Gasteiger partial charge in [-0.3, -0.25) is 4.90 Å². The van der Waals surface area contributed by atoms with Gasteiger partial charge in [-0.1, -0.05) is 25.1 Å². The van der Waals surface area contributed by atoms with Gasteiger partial charge in [0, 0.05) is 24.0 Å². The van der Waals surface area contributed by atoms with Crippen molar-refractivity contribution in [1.82, 2.24) is 4.90 Å². The molecule has 1 aliphatic rings. The maximum atomic E-state index is 5.85. The fourth-order valence-electron chi connectivity index (χ4n) is 2.82. The van der Waals surface area contributed by atoms with Crippen molar-refractivity contribution in [3.63, 3.8) is 0 Å². The third-order valence-electron chi connectivity index (χ3n) is 4.08. The summed E-state index contributed by atoms with van der Waals surface area (Å²) in [6.45, 7) is 6.24. The lowest BCUT2D eigenvalue weighted by Gasteiger charge is -2.22. The Morgan fingerprint density at radius 3 is 2.89 bits per heavy atom. The van der Waals surface area contributed by atoms with Gasteiger partial charge in [-0.2, -0.15) is 0 Å². The molecule has 4 heteroatoms. The first-order chi connectivity index (χ1) is 8.70. The van der Waals surface area contributed by atoms with E-state index in [1.54, 1.807) is 0 Å². The number of nitrogens with zero attached hydrogens (tertiary/aromatic N) is 1. The molecule has 0 spiro atoms. The summed E-state index contributed by atoms with van der Waals surface area (Å²) < 4.78 is 5.59. The Balaban J connectivity index is 0.00000133. The van der Waals surface area contributed by atoms with E-state index in [9.17, 15) is 0 Å². The molecule has 3 nitrogen and oxygen atoms in total. The first-order valence-corrected chi connectivity index (χ1v) is 6.58. The van der Waals surface area contributed by atoms with Crippen LogP contribution in [0.25, 0.3) is 11.0 Å². The fourth-order valence-corrected chi connectivity index (χ4v) is 2.82. The van der Waals surface area contributed by atoms with E-state index in [4.69, 9.17) is 10.2 Å². The van der Waals surface area contributed by atoms with Crippen LogP contribution in [0.1, 0.15) is 18.9 Å². The molecule has 104 valence electrons. The highest BCUT2D eigenvalue weighted by molar-refractivity contribution is 5.85. The minimum Gasteiger partial charge on any atom is -0.464 e. The van der Waals surface area contributed by atoms with E-state index in [2.05, 4.69) is 24.0 Å². The average molecular weight is 281 g/mol. The van der Waals surface area contributed by atoms with Crippen LogP contribution in [-0.4, -0.2) is 24.5 Å². The van der Waals surface area contributed by atoms with Crippen molar-refractivity contribution < 1.29 is 4.42 Å². The molecule has 1 saturated heterocycles. The number of hydrogen-bond donors (Lipinski definition) is 1. The molecule has 1 aromatic heterocycles. The first kappa shape index (κ1) is 14.4. The van der Waals surface area contributed by atoms with E-state index in [0.717, 1.165) is 31.8 Å².